The van der Waals surface area contributed by atoms with Gasteiger partial charge in [0.25, 0.3) is 0 Å². The first-order chi connectivity index (χ1) is 6.41. The van der Waals surface area contributed by atoms with E-state index in [2.05, 4.69) is 15.9 Å². The predicted molar refractivity (Wildman–Crippen MR) is 51.7 cm³/mol. The van der Waals surface area contributed by atoms with Crippen LogP contribution < -0.4 is 0 Å². The Hall–Kier alpha value is 0.0300. The van der Waals surface area contributed by atoms with Crippen LogP contribution in [0.2, 0.25) is 0 Å². The molecule has 0 aromatic carbocycles. The van der Waals surface area contributed by atoms with Crippen LogP contribution in [0.25, 0.3) is 0 Å². The van der Waals surface area contributed by atoms with Crippen LogP contribution in [0.4, 0.5) is 4.39 Å². The Morgan fingerprint density at radius 1 is 1.50 bits per heavy atom. The van der Waals surface area contributed by atoms with E-state index in [9.17, 15) is 9.50 Å². The molecule has 1 N–H and O–H groups in total. The third-order valence-corrected chi connectivity index (χ3v) is 3.10. The van der Waals surface area contributed by atoms with E-state index in [0.717, 1.165) is 0 Å². The Morgan fingerprint density at radius 2 is 2.14 bits per heavy atom. The first-order valence-corrected chi connectivity index (χ1v) is 5.25. The first kappa shape index (κ1) is 10.5. The number of aliphatic hydroxyl groups excluding tert-OH is 1. The average Bonchev–Trinajstić information content (AvgIpc) is 2.38. The quantitative estimate of drug-likeness (QED) is 0.722. The van der Waals surface area contributed by atoms with E-state index in [1.165, 1.54) is 6.08 Å². The minimum absolute atomic E-state index is 0.396. The molecule has 1 heterocycles. The lowest BCUT2D eigenvalue weighted by Gasteiger charge is -2.28. The van der Waals surface area contributed by atoms with Gasteiger partial charge in [0.1, 0.15) is 24.5 Å². The second-order valence-corrected chi connectivity index (χ2v) is 4.92. The standard InChI is InChI=1S/C9H12BrFO3/c1-9(2)13-7-4(10)3-5(11)6(12)8(7)14-9/h3,5-8,12H,1-2H3/t5-,6+,7+,8-/m0/s1. The van der Waals surface area contributed by atoms with Gasteiger partial charge in [-0.05, 0) is 19.9 Å². The van der Waals surface area contributed by atoms with Gasteiger partial charge in [0.2, 0.25) is 0 Å². The number of hydrogen-bond acceptors (Lipinski definition) is 3. The fraction of sp³-hybridized carbons (Fsp3) is 0.778. The minimum atomic E-state index is -1.40. The number of rotatable bonds is 0. The molecule has 2 aliphatic rings. The second kappa shape index (κ2) is 3.27. The van der Waals surface area contributed by atoms with Crippen LogP contribution in [0, 0.1) is 0 Å². The Morgan fingerprint density at radius 3 is 2.79 bits per heavy atom. The lowest BCUT2D eigenvalue weighted by Crippen LogP contribution is -2.44. The van der Waals surface area contributed by atoms with Gasteiger partial charge in [0, 0.05) is 4.48 Å². The summed E-state index contributed by atoms with van der Waals surface area (Å²) >= 11 is 3.22. The molecule has 5 heteroatoms. The summed E-state index contributed by atoms with van der Waals surface area (Å²) in [4.78, 5) is 0. The van der Waals surface area contributed by atoms with Crippen LogP contribution >= 0.6 is 15.9 Å². The Bertz CT molecular complexity index is 279. The summed E-state index contributed by atoms with van der Waals surface area (Å²) in [6.45, 7) is 3.48. The molecule has 1 aliphatic heterocycles. The van der Waals surface area contributed by atoms with Crippen molar-refractivity contribution in [3.05, 3.63) is 10.6 Å². The number of aliphatic hydroxyl groups is 1. The van der Waals surface area contributed by atoms with Gasteiger partial charge < -0.3 is 14.6 Å². The van der Waals surface area contributed by atoms with Gasteiger partial charge in [-0.1, -0.05) is 15.9 Å². The van der Waals surface area contributed by atoms with Crippen molar-refractivity contribution in [3.63, 3.8) is 0 Å². The van der Waals surface area contributed by atoms with Crippen LogP contribution in [-0.2, 0) is 9.47 Å². The van der Waals surface area contributed by atoms with E-state index in [1.807, 2.05) is 0 Å². The van der Waals surface area contributed by atoms with Crippen molar-refractivity contribution in [2.45, 2.75) is 44.1 Å². The Labute approximate surface area is 90.0 Å². The molecular weight excluding hydrogens is 255 g/mol. The summed E-state index contributed by atoms with van der Waals surface area (Å²) in [7, 11) is 0. The summed E-state index contributed by atoms with van der Waals surface area (Å²) in [5, 5.41) is 9.55. The molecule has 3 nitrogen and oxygen atoms in total. The van der Waals surface area contributed by atoms with Gasteiger partial charge in [0.05, 0.1) is 0 Å². The van der Waals surface area contributed by atoms with Gasteiger partial charge in [-0.15, -0.1) is 0 Å². The van der Waals surface area contributed by atoms with Crippen LogP contribution in [0.1, 0.15) is 13.8 Å². The van der Waals surface area contributed by atoms with E-state index >= 15 is 0 Å². The Kier molecular flexibility index (Phi) is 2.46. The summed E-state index contributed by atoms with van der Waals surface area (Å²) in [5.41, 5.74) is 0. The van der Waals surface area contributed by atoms with Crippen molar-refractivity contribution in [1.82, 2.24) is 0 Å². The first-order valence-electron chi connectivity index (χ1n) is 4.46. The molecule has 14 heavy (non-hydrogen) atoms. The predicted octanol–water partition coefficient (Wildman–Crippen LogP) is 1.50. The fourth-order valence-electron chi connectivity index (χ4n) is 1.78. The average molecular weight is 267 g/mol. The molecule has 0 unspecified atom stereocenters. The molecule has 0 saturated carbocycles. The molecule has 80 valence electrons. The smallest absolute Gasteiger partial charge is 0.164 e. The molecule has 1 saturated heterocycles. The molecule has 4 atom stereocenters. The van der Waals surface area contributed by atoms with Crippen LogP contribution in [0.3, 0.4) is 0 Å². The third-order valence-electron chi connectivity index (χ3n) is 2.38. The second-order valence-electron chi connectivity index (χ2n) is 4.01. The highest BCUT2D eigenvalue weighted by Gasteiger charge is 2.50. The largest absolute Gasteiger partial charge is 0.387 e. The summed E-state index contributed by atoms with van der Waals surface area (Å²) in [6, 6.07) is 0. The summed E-state index contributed by atoms with van der Waals surface area (Å²) < 4.78 is 24.8. The number of ether oxygens (including phenoxy) is 2. The monoisotopic (exact) mass is 266 g/mol. The molecule has 0 aromatic heterocycles. The normalized spacial score (nSPS) is 45.9. The molecule has 0 aromatic rings. The number of alkyl halides is 1. The number of fused-ring (bicyclic) bond motifs is 1. The van der Waals surface area contributed by atoms with Gasteiger partial charge in [-0.3, -0.25) is 0 Å². The van der Waals surface area contributed by atoms with Crippen LogP contribution in [0.15, 0.2) is 10.6 Å². The molecule has 2 rings (SSSR count). The zero-order chi connectivity index (χ0) is 10.5. The third kappa shape index (κ3) is 1.62. The molecule has 0 spiro atoms. The lowest BCUT2D eigenvalue weighted by atomic mass is 9.97. The molecule has 0 amide bonds. The highest BCUT2D eigenvalue weighted by atomic mass is 79.9. The van der Waals surface area contributed by atoms with Crippen molar-refractivity contribution in [1.29, 1.82) is 0 Å². The van der Waals surface area contributed by atoms with Gasteiger partial charge >= 0.3 is 0 Å². The lowest BCUT2D eigenvalue weighted by molar-refractivity contribution is -0.155. The Balaban J connectivity index is 2.27. The SMILES string of the molecule is CC1(C)O[C@H]2[C@H](O)[C@@H](F)C=C(Br)[C@H]2O1. The van der Waals surface area contributed by atoms with Crippen molar-refractivity contribution >= 4 is 15.9 Å². The van der Waals surface area contributed by atoms with Gasteiger partial charge in [0.15, 0.2) is 5.79 Å². The zero-order valence-corrected chi connectivity index (χ0v) is 9.49. The van der Waals surface area contributed by atoms with Crippen LogP contribution in [-0.4, -0.2) is 35.4 Å². The van der Waals surface area contributed by atoms with E-state index in [0.29, 0.717) is 4.48 Å². The van der Waals surface area contributed by atoms with Gasteiger partial charge in [-0.2, -0.15) is 0 Å². The maximum Gasteiger partial charge on any atom is 0.164 e. The molecule has 0 bridgehead atoms. The van der Waals surface area contributed by atoms with E-state index in [1.54, 1.807) is 13.8 Å². The highest BCUT2D eigenvalue weighted by Crippen LogP contribution is 2.39. The topological polar surface area (TPSA) is 38.7 Å². The minimum Gasteiger partial charge on any atom is -0.387 e. The van der Waals surface area contributed by atoms with Gasteiger partial charge in [-0.25, -0.2) is 4.39 Å². The zero-order valence-electron chi connectivity index (χ0n) is 7.91. The highest BCUT2D eigenvalue weighted by molar-refractivity contribution is 9.11. The van der Waals surface area contributed by atoms with Crippen molar-refractivity contribution in [3.8, 4) is 0 Å². The number of hydrogen-bond donors (Lipinski definition) is 1. The maximum atomic E-state index is 13.2. The molecule has 1 aliphatic carbocycles. The summed E-state index contributed by atoms with van der Waals surface area (Å²) in [5.74, 6) is -0.771. The maximum absolute atomic E-state index is 13.2. The van der Waals surface area contributed by atoms with E-state index in [4.69, 9.17) is 9.47 Å². The van der Waals surface area contributed by atoms with Crippen molar-refractivity contribution in [2.24, 2.45) is 0 Å². The van der Waals surface area contributed by atoms with E-state index < -0.39 is 30.3 Å². The number of halogens is 2. The van der Waals surface area contributed by atoms with Crippen molar-refractivity contribution < 1.29 is 19.0 Å². The molecular formula is C9H12BrFO3. The van der Waals surface area contributed by atoms with Crippen LogP contribution in [0.5, 0.6) is 0 Å². The summed E-state index contributed by atoms with van der Waals surface area (Å²) in [6.07, 6.45) is -2.26. The fourth-order valence-corrected chi connectivity index (χ4v) is 2.39. The molecule has 1 fully saturated rings. The van der Waals surface area contributed by atoms with E-state index in [-0.39, 0.29) is 0 Å². The van der Waals surface area contributed by atoms with Crippen molar-refractivity contribution in [2.75, 3.05) is 0 Å². The molecule has 0 radical (unpaired) electrons.